The first-order valence-electron chi connectivity index (χ1n) is 5.15. The Labute approximate surface area is 99.9 Å². The van der Waals surface area contributed by atoms with Crippen LogP contribution in [0.25, 0.3) is 11.3 Å². The van der Waals surface area contributed by atoms with Crippen LogP contribution in [0.5, 0.6) is 5.75 Å². The molecule has 3 heteroatoms. The molecule has 1 aromatic carbocycles. The van der Waals surface area contributed by atoms with Crippen LogP contribution >= 0.6 is 11.6 Å². The van der Waals surface area contributed by atoms with Crippen molar-refractivity contribution < 1.29 is 4.74 Å². The Morgan fingerprint density at radius 1 is 1.25 bits per heavy atom. The highest BCUT2D eigenvalue weighted by Gasteiger charge is 2.04. The molecule has 0 N–H and O–H groups in total. The van der Waals surface area contributed by atoms with Crippen LogP contribution in [0.4, 0.5) is 0 Å². The molecule has 0 aliphatic carbocycles. The van der Waals surface area contributed by atoms with Gasteiger partial charge in [0.05, 0.1) is 17.3 Å². The molecular weight excluding hydrogens is 222 g/mol. The molecule has 16 heavy (non-hydrogen) atoms. The number of hydrogen-bond acceptors (Lipinski definition) is 2. The number of ether oxygens (including phenoxy) is 1. The highest BCUT2D eigenvalue weighted by molar-refractivity contribution is 6.33. The topological polar surface area (TPSA) is 22.1 Å². The third kappa shape index (κ3) is 2.34. The molecular formula is C13H12ClNO. The fourth-order valence-corrected chi connectivity index (χ4v) is 1.73. The Hall–Kier alpha value is -1.54. The minimum absolute atomic E-state index is 0.649. The standard InChI is InChI=1S/C13H12ClNO/c1-2-16-11-6-3-5-10(9-11)13-12(14)7-4-8-15-13/h3-9H,2H2,1H3. The third-order valence-corrected chi connectivity index (χ3v) is 2.48. The minimum atomic E-state index is 0.649. The van der Waals surface area contributed by atoms with Gasteiger partial charge in [0.1, 0.15) is 5.75 Å². The Morgan fingerprint density at radius 2 is 2.12 bits per heavy atom. The molecule has 2 nitrogen and oxygen atoms in total. The van der Waals surface area contributed by atoms with E-state index in [1.165, 1.54) is 0 Å². The molecule has 0 radical (unpaired) electrons. The van der Waals surface area contributed by atoms with E-state index in [2.05, 4.69) is 4.98 Å². The van der Waals surface area contributed by atoms with Crippen molar-refractivity contribution in [1.82, 2.24) is 4.98 Å². The number of aromatic nitrogens is 1. The van der Waals surface area contributed by atoms with Crippen molar-refractivity contribution >= 4 is 11.6 Å². The highest BCUT2D eigenvalue weighted by Crippen LogP contribution is 2.27. The minimum Gasteiger partial charge on any atom is -0.494 e. The van der Waals surface area contributed by atoms with Gasteiger partial charge in [-0.05, 0) is 31.2 Å². The maximum atomic E-state index is 6.08. The van der Waals surface area contributed by atoms with Gasteiger partial charge >= 0.3 is 0 Å². The molecule has 0 saturated heterocycles. The third-order valence-electron chi connectivity index (χ3n) is 2.18. The van der Waals surface area contributed by atoms with Crippen LogP contribution in [0, 0.1) is 0 Å². The number of rotatable bonds is 3. The molecule has 0 spiro atoms. The second-order valence-corrected chi connectivity index (χ2v) is 3.70. The van der Waals surface area contributed by atoms with E-state index in [1.807, 2.05) is 43.3 Å². The van der Waals surface area contributed by atoms with Crippen molar-refractivity contribution in [1.29, 1.82) is 0 Å². The van der Waals surface area contributed by atoms with Gasteiger partial charge in [-0.2, -0.15) is 0 Å². The van der Waals surface area contributed by atoms with Crippen molar-refractivity contribution in [3.05, 3.63) is 47.6 Å². The molecule has 0 amide bonds. The van der Waals surface area contributed by atoms with E-state index in [4.69, 9.17) is 16.3 Å². The lowest BCUT2D eigenvalue weighted by molar-refractivity contribution is 0.340. The van der Waals surface area contributed by atoms with E-state index in [-0.39, 0.29) is 0 Å². The summed E-state index contributed by atoms with van der Waals surface area (Å²) >= 11 is 6.08. The summed E-state index contributed by atoms with van der Waals surface area (Å²) in [6, 6.07) is 11.4. The van der Waals surface area contributed by atoms with Gasteiger partial charge in [0.2, 0.25) is 0 Å². The first-order valence-corrected chi connectivity index (χ1v) is 5.53. The van der Waals surface area contributed by atoms with E-state index in [0.717, 1.165) is 17.0 Å². The summed E-state index contributed by atoms with van der Waals surface area (Å²) < 4.78 is 5.44. The molecule has 0 unspecified atom stereocenters. The van der Waals surface area contributed by atoms with Gasteiger partial charge in [-0.3, -0.25) is 4.98 Å². The summed E-state index contributed by atoms with van der Waals surface area (Å²) in [6.45, 7) is 2.61. The average molecular weight is 234 g/mol. The van der Waals surface area contributed by atoms with Gasteiger partial charge < -0.3 is 4.74 Å². The number of pyridine rings is 1. The van der Waals surface area contributed by atoms with Crippen LogP contribution in [0.15, 0.2) is 42.6 Å². The summed E-state index contributed by atoms with van der Waals surface area (Å²) in [5, 5.41) is 0.649. The zero-order valence-corrected chi connectivity index (χ0v) is 9.74. The van der Waals surface area contributed by atoms with Crippen molar-refractivity contribution in [2.45, 2.75) is 6.92 Å². The number of benzene rings is 1. The van der Waals surface area contributed by atoms with Crippen LogP contribution in [0.3, 0.4) is 0 Å². The van der Waals surface area contributed by atoms with Crippen molar-refractivity contribution in [3.63, 3.8) is 0 Å². The molecule has 0 aliphatic heterocycles. The number of nitrogens with zero attached hydrogens (tertiary/aromatic N) is 1. The van der Waals surface area contributed by atoms with Crippen LogP contribution in [-0.2, 0) is 0 Å². The second-order valence-electron chi connectivity index (χ2n) is 3.29. The van der Waals surface area contributed by atoms with E-state index < -0.39 is 0 Å². The van der Waals surface area contributed by atoms with Crippen LogP contribution in [-0.4, -0.2) is 11.6 Å². The molecule has 1 heterocycles. The van der Waals surface area contributed by atoms with Gasteiger partial charge in [-0.1, -0.05) is 23.7 Å². The fraction of sp³-hybridized carbons (Fsp3) is 0.154. The monoisotopic (exact) mass is 233 g/mol. The zero-order valence-electron chi connectivity index (χ0n) is 8.98. The molecule has 0 fully saturated rings. The molecule has 82 valence electrons. The zero-order chi connectivity index (χ0) is 11.4. The van der Waals surface area contributed by atoms with E-state index in [0.29, 0.717) is 11.6 Å². The highest BCUT2D eigenvalue weighted by atomic mass is 35.5. The lowest BCUT2D eigenvalue weighted by Gasteiger charge is -2.06. The lowest BCUT2D eigenvalue weighted by Crippen LogP contribution is -1.92. The summed E-state index contributed by atoms with van der Waals surface area (Å²) in [4.78, 5) is 4.26. The largest absolute Gasteiger partial charge is 0.494 e. The molecule has 0 aliphatic rings. The molecule has 0 bridgehead atoms. The molecule has 1 aromatic heterocycles. The van der Waals surface area contributed by atoms with E-state index in [1.54, 1.807) is 6.20 Å². The second kappa shape index (κ2) is 4.99. The number of hydrogen-bond donors (Lipinski definition) is 0. The van der Waals surface area contributed by atoms with Crippen molar-refractivity contribution in [2.75, 3.05) is 6.61 Å². The van der Waals surface area contributed by atoms with Crippen LogP contribution < -0.4 is 4.74 Å². The Kier molecular flexibility index (Phi) is 3.42. The predicted octanol–water partition coefficient (Wildman–Crippen LogP) is 3.80. The summed E-state index contributed by atoms with van der Waals surface area (Å²) in [7, 11) is 0. The van der Waals surface area contributed by atoms with Gasteiger partial charge in [-0.25, -0.2) is 0 Å². The molecule has 0 atom stereocenters. The Balaban J connectivity index is 2.40. The summed E-state index contributed by atoms with van der Waals surface area (Å²) in [5.41, 5.74) is 1.75. The molecule has 2 rings (SSSR count). The average Bonchev–Trinajstić information content (AvgIpc) is 2.30. The first kappa shape index (κ1) is 11.0. The van der Waals surface area contributed by atoms with Gasteiger partial charge in [0.25, 0.3) is 0 Å². The lowest BCUT2D eigenvalue weighted by atomic mass is 10.1. The normalized spacial score (nSPS) is 10.1. The first-order chi connectivity index (χ1) is 7.81. The quantitative estimate of drug-likeness (QED) is 0.805. The van der Waals surface area contributed by atoms with Crippen LogP contribution in [0.2, 0.25) is 5.02 Å². The predicted molar refractivity (Wildman–Crippen MR) is 65.9 cm³/mol. The van der Waals surface area contributed by atoms with Gasteiger partial charge in [-0.15, -0.1) is 0 Å². The maximum absolute atomic E-state index is 6.08. The van der Waals surface area contributed by atoms with E-state index >= 15 is 0 Å². The van der Waals surface area contributed by atoms with Crippen molar-refractivity contribution in [3.8, 4) is 17.0 Å². The summed E-state index contributed by atoms with van der Waals surface area (Å²) in [6.07, 6.45) is 1.73. The Bertz CT molecular complexity index is 485. The van der Waals surface area contributed by atoms with Gasteiger partial charge in [0, 0.05) is 11.8 Å². The van der Waals surface area contributed by atoms with Crippen molar-refractivity contribution in [2.24, 2.45) is 0 Å². The fourth-order valence-electron chi connectivity index (χ4n) is 1.50. The maximum Gasteiger partial charge on any atom is 0.119 e. The smallest absolute Gasteiger partial charge is 0.119 e. The molecule has 0 saturated carbocycles. The Morgan fingerprint density at radius 3 is 2.88 bits per heavy atom. The summed E-state index contributed by atoms with van der Waals surface area (Å²) in [5.74, 6) is 0.835. The van der Waals surface area contributed by atoms with E-state index in [9.17, 15) is 0 Å². The van der Waals surface area contributed by atoms with Crippen LogP contribution in [0.1, 0.15) is 6.92 Å². The van der Waals surface area contributed by atoms with Gasteiger partial charge in [0.15, 0.2) is 0 Å². The molecule has 2 aromatic rings. The number of halogens is 1. The SMILES string of the molecule is CCOc1cccc(-c2ncccc2Cl)c1.